The molecule has 0 radical (unpaired) electrons. The van der Waals surface area contributed by atoms with E-state index in [9.17, 15) is 13.6 Å². The number of rotatable bonds is 7. The van der Waals surface area contributed by atoms with Crippen LogP contribution in [0.15, 0.2) is 60.9 Å². The monoisotopic (exact) mass is 368 g/mol. The fraction of sp³-hybridized carbons (Fsp3) is 0.150. The summed E-state index contributed by atoms with van der Waals surface area (Å²) in [5.41, 5.74) is 1.64. The van der Waals surface area contributed by atoms with E-state index >= 15 is 0 Å². The molecule has 0 aliphatic carbocycles. The molecule has 3 rings (SSSR count). The quantitative estimate of drug-likeness (QED) is 0.618. The maximum atomic E-state index is 13.2. The summed E-state index contributed by atoms with van der Waals surface area (Å²) < 4.78 is 26.1. The van der Waals surface area contributed by atoms with Crippen LogP contribution in [-0.4, -0.2) is 22.4 Å². The van der Waals surface area contributed by atoms with Gasteiger partial charge >= 0.3 is 0 Å². The van der Waals surface area contributed by atoms with Gasteiger partial charge < -0.3 is 10.6 Å². The number of aryl methyl sites for hydroxylation is 1. The molecule has 7 heteroatoms. The molecule has 2 aromatic carbocycles. The second-order valence-electron chi connectivity index (χ2n) is 5.89. The van der Waals surface area contributed by atoms with Gasteiger partial charge in [-0.2, -0.15) is 0 Å². The number of nitrogens with one attached hydrogen (secondary N) is 2. The van der Waals surface area contributed by atoms with Gasteiger partial charge in [-0.1, -0.05) is 30.3 Å². The Bertz CT molecular complexity index is 902. The van der Waals surface area contributed by atoms with Crippen LogP contribution in [0.2, 0.25) is 0 Å². The average molecular weight is 368 g/mol. The Labute approximate surface area is 155 Å². The van der Waals surface area contributed by atoms with Crippen molar-refractivity contribution in [3.63, 3.8) is 0 Å². The number of amides is 1. The molecular weight excluding hydrogens is 350 g/mol. The zero-order valence-electron chi connectivity index (χ0n) is 14.5. The van der Waals surface area contributed by atoms with E-state index in [1.165, 1.54) is 24.0 Å². The Balaban J connectivity index is 1.49. The minimum absolute atomic E-state index is 0.155. The Morgan fingerprint density at radius 2 is 1.70 bits per heavy atom. The SMILES string of the molecule is O=C(Nc1ccc(F)c(F)c1)c1cnc(NCCCc2ccccc2)nc1. The third kappa shape index (κ3) is 5.31. The molecule has 5 nitrogen and oxygen atoms in total. The number of carbonyl (C=O) groups excluding carboxylic acids is 1. The maximum Gasteiger partial charge on any atom is 0.258 e. The van der Waals surface area contributed by atoms with E-state index in [2.05, 4.69) is 32.7 Å². The molecule has 0 bridgehead atoms. The summed E-state index contributed by atoms with van der Waals surface area (Å²) in [5, 5.41) is 5.57. The third-order valence-electron chi connectivity index (χ3n) is 3.86. The van der Waals surface area contributed by atoms with Crippen molar-refractivity contribution in [2.75, 3.05) is 17.2 Å². The van der Waals surface area contributed by atoms with E-state index in [1.807, 2.05) is 18.2 Å². The molecule has 0 fully saturated rings. The highest BCUT2D eigenvalue weighted by Gasteiger charge is 2.09. The summed E-state index contributed by atoms with van der Waals surface area (Å²) >= 11 is 0. The van der Waals surface area contributed by atoms with Gasteiger partial charge in [0.1, 0.15) is 0 Å². The molecule has 1 heterocycles. The molecule has 0 aliphatic heterocycles. The molecule has 0 aliphatic rings. The van der Waals surface area contributed by atoms with Crippen LogP contribution in [0.25, 0.3) is 0 Å². The van der Waals surface area contributed by atoms with Crippen LogP contribution < -0.4 is 10.6 Å². The van der Waals surface area contributed by atoms with Gasteiger partial charge in [-0.25, -0.2) is 18.7 Å². The lowest BCUT2D eigenvalue weighted by Gasteiger charge is -2.07. The lowest BCUT2D eigenvalue weighted by Crippen LogP contribution is -2.14. The smallest absolute Gasteiger partial charge is 0.258 e. The Kier molecular flexibility index (Phi) is 6.04. The molecule has 0 saturated heterocycles. The Morgan fingerprint density at radius 1 is 0.963 bits per heavy atom. The molecular formula is C20H18F2N4O. The minimum atomic E-state index is -1.03. The van der Waals surface area contributed by atoms with Crippen molar-refractivity contribution >= 4 is 17.5 Å². The van der Waals surface area contributed by atoms with E-state index in [0.717, 1.165) is 25.0 Å². The first-order valence-corrected chi connectivity index (χ1v) is 8.48. The van der Waals surface area contributed by atoms with E-state index < -0.39 is 17.5 Å². The number of hydrogen-bond donors (Lipinski definition) is 2. The summed E-state index contributed by atoms with van der Waals surface area (Å²) in [6.45, 7) is 0.704. The highest BCUT2D eigenvalue weighted by molar-refractivity contribution is 6.03. The van der Waals surface area contributed by atoms with Crippen LogP contribution in [0.1, 0.15) is 22.3 Å². The van der Waals surface area contributed by atoms with Crippen molar-refractivity contribution in [1.82, 2.24) is 9.97 Å². The van der Waals surface area contributed by atoms with Gasteiger partial charge in [0, 0.05) is 30.7 Å². The second kappa shape index (κ2) is 8.84. The van der Waals surface area contributed by atoms with E-state index in [1.54, 1.807) is 0 Å². The van der Waals surface area contributed by atoms with Gasteiger partial charge in [-0.3, -0.25) is 4.79 Å². The van der Waals surface area contributed by atoms with Crippen LogP contribution in [0.4, 0.5) is 20.4 Å². The standard InChI is InChI=1S/C20H18F2N4O/c21-17-9-8-16(11-18(17)22)26-19(27)15-12-24-20(25-13-15)23-10-4-7-14-5-2-1-3-6-14/h1-3,5-6,8-9,11-13H,4,7,10H2,(H,26,27)(H,23,24,25). The molecule has 1 amide bonds. The first-order valence-electron chi connectivity index (χ1n) is 8.48. The predicted octanol–water partition coefficient (Wildman–Crippen LogP) is 4.05. The van der Waals surface area contributed by atoms with Crippen molar-refractivity contribution in [3.8, 4) is 0 Å². The first-order chi connectivity index (χ1) is 13.1. The molecule has 27 heavy (non-hydrogen) atoms. The van der Waals surface area contributed by atoms with Gasteiger partial charge in [-0.15, -0.1) is 0 Å². The number of anilines is 2. The predicted molar refractivity (Wildman–Crippen MR) is 99.6 cm³/mol. The van der Waals surface area contributed by atoms with Crippen molar-refractivity contribution in [2.45, 2.75) is 12.8 Å². The summed E-state index contributed by atoms with van der Waals surface area (Å²) in [6.07, 6.45) is 4.62. The van der Waals surface area contributed by atoms with Gasteiger partial charge in [0.25, 0.3) is 5.91 Å². The van der Waals surface area contributed by atoms with Gasteiger partial charge in [-0.05, 0) is 30.5 Å². The Morgan fingerprint density at radius 3 is 2.41 bits per heavy atom. The van der Waals surface area contributed by atoms with E-state index in [4.69, 9.17) is 0 Å². The Hall–Kier alpha value is -3.35. The fourth-order valence-electron chi connectivity index (χ4n) is 2.45. The summed E-state index contributed by atoms with van der Waals surface area (Å²) in [7, 11) is 0. The number of nitrogens with zero attached hydrogens (tertiary/aromatic N) is 2. The van der Waals surface area contributed by atoms with Crippen molar-refractivity contribution in [3.05, 3.63) is 83.7 Å². The maximum absolute atomic E-state index is 13.2. The van der Waals surface area contributed by atoms with Gasteiger partial charge in [0.2, 0.25) is 5.95 Å². The van der Waals surface area contributed by atoms with Crippen LogP contribution in [0.5, 0.6) is 0 Å². The lowest BCUT2D eigenvalue weighted by atomic mass is 10.1. The number of benzene rings is 2. The number of halogens is 2. The number of hydrogen-bond acceptors (Lipinski definition) is 4. The fourth-order valence-corrected chi connectivity index (χ4v) is 2.45. The largest absolute Gasteiger partial charge is 0.354 e. The highest BCUT2D eigenvalue weighted by atomic mass is 19.2. The van der Waals surface area contributed by atoms with Crippen molar-refractivity contribution < 1.29 is 13.6 Å². The molecule has 1 aromatic heterocycles. The zero-order valence-corrected chi connectivity index (χ0v) is 14.5. The average Bonchev–Trinajstić information content (AvgIpc) is 2.69. The normalized spacial score (nSPS) is 10.4. The molecule has 3 aromatic rings. The van der Waals surface area contributed by atoms with E-state index in [0.29, 0.717) is 12.5 Å². The molecule has 2 N–H and O–H groups in total. The molecule has 0 atom stereocenters. The molecule has 0 saturated carbocycles. The van der Waals surface area contributed by atoms with Crippen molar-refractivity contribution in [1.29, 1.82) is 0 Å². The summed E-state index contributed by atoms with van der Waals surface area (Å²) in [5.74, 6) is -2.08. The second-order valence-corrected chi connectivity index (χ2v) is 5.89. The van der Waals surface area contributed by atoms with Gasteiger partial charge in [0.15, 0.2) is 11.6 Å². The molecule has 138 valence electrons. The highest BCUT2D eigenvalue weighted by Crippen LogP contribution is 2.14. The third-order valence-corrected chi connectivity index (χ3v) is 3.86. The van der Waals surface area contributed by atoms with Crippen LogP contribution in [0.3, 0.4) is 0 Å². The van der Waals surface area contributed by atoms with Gasteiger partial charge in [0.05, 0.1) is 5.56 Å². The minimum Gasteiger partial charge on any atom is -0.354 e. The van der Waals surface area contributed by atoms with Crippen LogP contribution in [-0.2, 0) is 6.42 Å². The lowest BCUT2D eigenvalue weighted by molar-refractivity contribution is 0.102. The molecule has 0 spiro atoms. The first kappa shape index (κ1) is 18.4. The topological polar surface area (TPSA) is 66.9 Å². The summed E-state index contributed by atoms with van der Waals surface area (Å²) in [6, 6.07) is 13.3. The molecule has 0 unspecified atom stereocenters. The van der Waals surface area contributed by atoms with Crippen molar-refractivity contribution in [2.24, 2.45) is 0 Å². The van der Waals surface area contributed by atoms with E-state index in [-0.39, 0.29) is 11.3 Å². The number of carbonyl (C=O) groups is 1. The van der Waals surface area contributed by atoms with Crippen LogP contribution >= 0.6 is 0 Å². The summed E-state index contributed by atoms with van der Waals surface area (Å²) in [4.78, 5) is 20.3. The number of aromatic nitrogens is 2. The zero-order chi connectivity index (χ0) is 19.1. The van der Waals surface area contributed by atoms with Crippen LogP contribution in [0, 0.1) is 11.6 Å².